The second-order valence-electron chi connectivity index (χ2n) is 3.13. The van der Waals surface area contributed by atoms with E-state index < -0.39 is 23.8 Å². The Bertz CT molecular complexity index is 166. The first-order valence-electron chi connectivity index (χ1n) is 3.53. The van der Waals surface area contributed by atoms with Crippen molar-refractivity contribution in [2.45, 2.75) is 36.6 Å². The lowest BCUT2D eigenvalue weighted by molar-refractivity contribution is -0.477. The molecule has 0 aromatic rings. The highest BCUT2D eigenvalue weighted by Gasteiger charge is 2.64. The van der Waals surface area contributed by atoms with E-state index in [2.05, 4.69) is 0 Å². The van der Waals surface area contributed by atoms with Crippen molar-refractivity contribution in [2.75, 3.05) is 0 Å². The van der Waals surface area contributed by atoms with Gasteiger partial charge in [-0.15, -0.1) is 0 Å². The van der Waals surface area contributed by atoms with E-state index in [0.717, 1.165) is 0 Å². The van der Waals surface area contributed by atoms with Crippen molar-refractivity contribution in [1.29, 1.82) is 0 Å². The lowest BCUT2D eigenvalue weighted by Gasteiger charge is -2.45. The van der Waals surface area contributed by atoms with E-state index in [1.54, 1.807) is 0 Å². The second-order valence-corrected chi connectivity index (χ2v) is 3.13. The average molecular weight is 179 g/mol. The third kappa shape index (κ3) is 1.13. The fourth-order valence-corrected chi connectivity index (χ4v) is 1.24. The zero-order valence-electron chi connectivity index (χ0n) is 6.27. The Kier molecular flexibility index (Phi) is 1.95. The van der Waals surface area contributed by atoms with Crippen molar-refractivity contribution in [2.24, 2.45) is 0 Å². The van der Waals surface area contributed by atoms with Gasteiger partial charge in [0.2, 0.25) is 5.79 Å². The van der Waals surface area contributed by atoms with Crippen LogP contribution in [0, 0.1) is 0 Å². The van der Waals surface area contributed by atoms with Gasteiger partial charge in [-0.2, -0.15) is 5.11 Å². The van der Waals surface area contributed by atoms with Crippen molar-refractivity contribution < 1.29 is 30.6 Å². The molecule has 1 radical (unpaired) electrons. The highest BCUT2D eigenvalue weighted by Crippen LogP contribution is 2.39. The van der Waals surface area contributed by atoms with Crippen LogP contribution in [-0.2, 0) is 5.11 Å². The number of rotatable bonds is 0. The molecule has 1 fully saturated rings. The molecule has 0 aromatic heterocycles. The molecule has 0 heterocycles. The molecule has 0 saturated heterocycles. The minimum Gasteiger partial charge on any atom is -0.361 e. The van der Waals surface area contributed by atoms with E-state index in [1.165, 1.54) is 0 Å². The van der Waals surface area contributed by atoms with E-state index in [9.17, 15) is 5.11 Å². The van der Waals surface area contributed by atoms with Crippen LogP contribution in [0.4, 0.5) is 0 Å². The average Bonchev–Trinajstić information content (AvgIpc) is 1.83. The molecule has 1 aliphatic carbocycles. The Morgan fingerprint density at radius 2 is 1.42 bits per heavy atom. The third-order valence-corrected chi connectivity index (χ3v) is 2.14. The summed E-state index contributed by atoms with van der Waals surface area (Å²) in [5.41, 5.74) is 0. The smallest absolute Gasteiger partial charge is 0.277 e. The maximum atomic E-state index is 10.9. The maximum Gasteiger partial charge on any atom is 0.277 e. The Labute approximate surface area is 68.3 Å². The summed E-state index contributed by atoms with van der Waals surface area (Å²) in [5, 5.41) is 55.5. The molecule has 1 aliphatic rings. The van der Waals surface area contributed by atoms with Crippen LogP contribution >= 0.6 is 0 Å². The van der Waals surface area contributed by atoms with Gasteiger partial charge in [0.25, 0.3) is 11.6 Å². The second kappa shape index (κ2) is 2.38. The van der Waals surface area contributed by atoms with Crippen LogP contribution in [-0.4, -0.2) is 42.9 Å². The van der Waals surface area contributed by atoms with Gasteiger partial charge in [-0.3, -0.25) is 0 Å². The Hall–Kier alpha value is -0.240. The standard InChI is InChI=1S/C6H11O6/c7-4(8)2-1-3-5(9,10)6(4,11)12/h7-9,11-12H,1-3H2. The highest BCUT2D eigenvalue weighted by atomic mass is 16.7. The predicted molar refractivity (Wildman–Crippen MR) is 33.8 cm³/mol. The van der Waals surface area contributed by atoms with E-state index >= 15 is 0 Å². The molecule has 6 nitrogen and oxygen atoms in total. The van der Waals surface area contributed by atoms with Gasteiger partial charge in [0, 0.05) is 12.8 Å². The van der Waals surface area contributed by atoms with Crippen LogP contribution in [0.2, 0.25) is 0 Å². The van der Waals surface area contributed by atoms with Gasteiger partial charge in [-0.25, -0.2) is 0 Å². The summed E-state index contributed by atoms with van der Waals surface area (Å²) >= 11 is 0. The number of aliphatic hydroxyl groups is 5. The molecule has 6 heteroatoms. The molecule has 1 atom stereocenters. The van der Waals surface area contributed by atoms with Crippen molar-refractivity contribution in [1.82, 2.24) is 0 Å². The number of hydrogen-bond donors (Lipinski definition) is 5. The Morgan fingerprint density at radius 3 is 1.75 bits per heavy atom. The fraction of sp³-hybridized carbons (Fsp3) is 1.00. The minimum atomic E-state index is -3.42. The van der Waals surface area contributed by atoms with Gasteiger partial charge >= 0.3 is 0 Å². The van der Waals surface area contributed by atoms with Crippen molar-refractivity contribution in [3.05, 3.63) is 0 Å². The summed E-state index contributed by atoms with van der Waals surface area (Å²) < 4.78 is 0. The zero-order chi connectivity index (χ0) is 9.62. The zero-order valence-corrected chi connectivity index (χ0v) is 6.27. The van der Waals surface area contributed by atoms with E-state index in [4.69, 9.17) is 25.5 Å². The summed E-state index contributed by atoms with van der Waals surface area (Å²) in [5.74, 6) is -9.49. The Morgan fingerprint density at radius 1 is 0.917 bits per heavy atom. The van der Waals surface area contributed by atoms with Gasteiger partial charge in [-0.1, -0.05) is 0 Å². The topological polar surface area (TPSA) is 121 Å². The summed E-state index contributed by atoms with van der Waals surface area (Å²) in [6.45, 7) is 0. The summed E-state index contributed by atoms with van der Waals surface area (Å²) in [7, 11) is 0. The molecule has 71 valence electrons. The molecule has 0 aromatic carbocycles. The van der Waals surface area contributed by atoms with E-state index in [-0.39, 0.29) is 12.8 Å². The lowest BCUT2D eigenvalue weighted by atomic mass is 9.83. The quantitative estimate of drug-likeness (QED) is 0.266. The van der Waals surface area contributed by atoms with Crippen LogP contribution in [0.1, 0.15) is 19.3 Å². The largest absolute Gasteiger partial charge is 0.361 e. The van der Waals surface area contributed by atoms with Gasteiger partial charge in [0.15, 0.2) is 0 Å². The minimum absolute atomic E-state index is 0.0237. The van der Waals surface area contributed by atoms with Gasteiger partial charge in [0.05, 0.1) is 0 Å². The predicted octanol–water partition coefficient (Wildman–Crippen LogP) is -2.35. The van der Waals surface area contributed by atoms with Crippen LogP contribution in [0.5, 0.6) is 0 Å². The molecule has 1 saturated carbocycles. The van der Waals surface area contributed by atoms with Crippen LogP contribution in [0.25, 0.3) is 0 Å². The summed E-state index contributed by atoms with van der Waals surface area (Å²) in [6, 6.07) is 0. The van der Waals surface area contributed by atoms with Crippen molar-refractivity contribution >= 4 is 0 Å². The molecule has 0 spiro atoms. The number of hydrogen-bond acceptors (Lipinski definition) is 5. The molecule has 1 rings (SSSR count). The monoisotopic (exact) mass is 179 g/mol. The first-order valence-corrected chi connectivity index (χ1v) is 3.53. The molecule has 1 unspecified atom stereocenters. The normalized spacial score (nSPS) is 31.5. The van der Waals surface area contributed by atoms with E-state index in [0.29, 0.717) is 0 Å². The Balaban J connectivity index is 2.99. The van der Waals surface area contributed by atoms with Crippen LogP contribution < -0.4 is 0 Å². The van der Waals surface area contributed by atoms with Crippen molar-refractivity contribution in [3.8, 4) is 0 Å². The molecular weight excluding hydrogens is 168 g/mol. The van der Waals surface area contributed by atoms with Crippen molar-refractivity contribution in [3.63, 3.8) is 0 Å². The molecule has 12 heavy (non-hydrogen) atoms. The fourth-order valence-electron chi connectivity index (χ4n) is 1.24. The highest BCUT2D eigenvalue weighted by molar-refractivity contribution is 4.97. The van der Waals surface area contributed by atoms with E-state index in [1.807, 2.05) is 0 Å². The van der Waals surface area contributed by atoms with Crippen LogP contribution in [0.3, 0.4) is 0 Å². The third-order valence-electron chi connectivity index (χ3n) is 2.14. The molecule has 5 N–H and O–H groups in total. The molecule has 0 bridgehead atoms. The first kappa shape index (κ1) is 9.85. The summed E-state index contributed by atoms with van der Waals surface area (Å²) in [6.07, 6.45) is -0.761. The molecule has 0 amide bonds. The lowest BCUT2D eigenvalue weighted by Crippen LogP contribution is -2.69. The van der Waals surface area contributed by atoms with Gasteiger partial charge in [-0.05, 0) is 6.42 Å². The van der Waals surface area contributed by atoms with Crippen LogP contribution in [0.15, 0.2) is 0 Å². The maximum absolute atomic E-state index is 10.9. The molecular formula is C6H11O6. The molecule has 0 aliphatic heterocycles. The SMILES string of the molecule is [O]C1(O)CCCC(O)(O)C1(O)O. The first-order chi connectivity index (χ1) is 5.21. The summed E-state index contributed by atoms with van der Waals surface area (Å²) in [4.78, 5) is 0. The van der Waals surface area contributed by atoms with Gasteiger partial charge in [0.1, 0.15) is 0 Å². The van der Waals surface area contributed by atoms with Gasteiger partial charge < -0.3 is 25.5 Å².